The lowest BCUT2D eigenvalue weighted by Crippen LogP contribution is -2.30. The Bertz CT molecular complexity index is 214. The molecule has 4 nitrogen and oxygen atoms in total. The summed E-state index contributed by atoms with van der Waals surface area (Å²) < 4.78 is 9.67. The maximum Gasteiger partial charge on any atom is 0.313 e. The fraction of sp³-hybridized carbons (Fsp3) is 0.778. The van der Waals surface area contributed by atoms with Gasteiger partial charge in [-0.25, -0.2) is 0 Å². The summed E-state index contributed by atoms with van der Waals surface area (Å²) in [5.74, 6) is -0.241. The first-order valence-corrected chi connectivity index (χ1v) is 4.57. The molecule has 2 aliphatic rings. The van der Waals surface area contributed by atoms with Crippen molar-refractivity contribution in [3.63, 3.8) is 0 Å². The van der Waals surface area contributed by atoms with Gasteiger partial charge in [0.25, 0.3) is 0 Å². The second-order valence-corrected chi connectivity index (χ2v) is 3.64. The second-order valence-electron chi connectivity index (χ2n) is 3.64. The molecule has 0 aromatic heterocycles. The Hall–Kier alpha value is -0.900. The molecule has 2 aliphatic heterocycles. The van der Waals surface area contributed by atoms with Crippen LogP contribution in [-0.4, -0.2) is 25.2 Å². The van der Waals surface area contributed by atoms with Gasteiger partial charge in [-0.1, -0.05) is 0 Å². The van der Waals surface area contributed by atoms with Crippen LogP contribution in [0.2, 0.25) is 0 Å². The Morgan fingerprint density at radius 1 is 1.08 bits per heavy atom. The van der Waals surface area contributed by atoms with Gasteiger partial charge in [-0.3, -0.25) is 9.59 Å². The van der Waals surface area contributed by atoms with Gasteiger partial charge in [0.15, 0.2) is 0 Å². The van der Waals surface area contributed by atoms with Gasteiger partial charge in [-0.15, -0.1) is 0 Å². The monoisotopic (exact) mass is 184 g/mol. The number of esters is 2. The lowest BCUT2D eigenvalue weighted by molar-refractivity contribution is -0.166. The van der Waals surface area contributed by atoms with Gasteiger partial charge in [-0.2, -0.15) is 0 Å². The first-order valence-electron chi connectivity index (χ1n) is 4.57. The molecule has 0 saturated carbocycles. The van der Waals surface area contributed by atoms with Crippen LogP contribution in [0.5, 0.6) is 0 Å². The van der Waals surface area contributed by atoms with E-state index < -0.39 is 0 Å². The van der Waals surface area contributed by atoms with Crippen molar-refractivity contribution in [2.45, 2.75) is 19.3 Å². The molecule has 0 spiro atoms. The summed E-state index contributed by atoms with van der Waals surface area (Å²) in [4.78, 5) is 21.9. The zero-order valence-electron chi connectivity index (χ0n) is 7.32. The minimum atomic E-state index is -0.381. The largest absolute Gasteiger partial charge is 0.393 e. The average molecular weight is 184 g/mol. The highest BCUT2D eigenvalue weighted by molar-refractivity contribution is 5.88. The molecule has 13 heavy (non-hydrogen) atoms. The van der Waals surface area contributed by atoms with E-state index in [-0.39, 0.29) is 17.9 Å². The smallest absolute Gasteiger partial charge is 0.313 e. The predicted octanol–water partition coefficient (Wildman–Crippen LogP) is 0.503. The molecule has 1 atom stereocenters. The van der Waals surface area contributed by atoms with Crippen molar-refractivity contribution in [3.8, 4) is 0 Å². The Kier molecular flexibility index (Phi) is 2.31. The number of cyclic esters (lactones) is 2. The third kappa shape index (κ3) is 1.88. The molecule has 2 fully saturated rings. The maximum atomic E-state index is 11.0. The highest BCUT2D eigenvalue weighted by atomic mass is 16.6. The number of ether oxygens (including phenoxy) is 2. The van der Waals surface area contributed by atoms with E-state index in [2.05, 4.69) is 4.74 Å². The van der Waals surface area contributed by atoms with Crippen LogP contribution >= 0.6 is 0 Å². The third-order valence-corrected chi connectivity index (χ3v) is 2.72. The molecule has 2 heterocycles. The fourth-order valence-electron chi connectivity index (χ4n) is 1.97. The van der Waals surface area contributed by atoms with E-state index >= 15 is 0 Å². The molecule has 2 rings (SSSR count). The topological polar surface area (TPSA) is 52.6 Å². The van der Waals surface area contributed by atoms with Crippen molar-refractivity contribution in [2.75, 3.05) is 13.2 Å². The Balaban J connectivity index is 1.97. The van der Waals surface area contributed by atoms with Crippen molar-refractivity contribution in [1.29, 1.82) is 0 Å². The summed E-state index contributed by atoms with van der Waals surface area (Å²) in [6, 6.07) is 0. The van der Waals surface area contributed by atoms with E-state index in [1.165, 1.54) is 0 Å². The van der Waals surface area contributed by atoms with Crippen molar-refractivity contribution in [2.24, 2.45) is 11.8 Å². The summed E-state index contributed by atoms with van der Waals surface area (Å²) >= 11 is 0. The molecule has 0 radical (unpaired) electrons. The van der Waals surface area contributed by atoms with Crippen molar-refractivity contribution in [1.82, 2.24) is 0 Å². The van der Waals surface area contributed by atoms with Crippen LogP contribution in [0.15, 0.2) is 0 Å². The molecule has 4 heteroatoms. The van der Waals surface area contributed by atoms with Crippen LogP contribution in [-0.2, 0) is 19.1 Å². The summed E-state index contributed by atoms with van der Waals surface area (Å²) in [6.07, 6.45) is 1.71. The van der Waals surface area contributed by atoms with Crippen LogP contribution in [0.4, 0.5) is 0 Å². The number of carbonyl (C=O) groups excluding carboxylic acids is 2. The quantitative estimate of drug-likeness (QED) is 0.440. The Morgan fingerprint density at radius 2 is 1.77 bits per heavy atom. The molecule has 0 aromatic rings. The van der Waals surface area contributed by atoms with Crippen LogP contribution in [0, 0.1) is 11.8 Å². The fourth-order valence-corrected chi connectivity index (χ4v) is 1.97. The normalized spacial score (nSPS) is 30.6. The summed E-state index contributed by atoms with van der Waals surface area (Å²) in [5.41, 5.74) is 0. The van der Waals surface area contributed by atoms with Gasteiger partial charge in [0.1, 0.15) is 0 Å². The van der Waals surface area contributed by atoms with Crippen molar-refractivity contribution in [3.05, 3.63) is 0 Å². The molecular weight excluding hydrogens is 172 g/mol. The molecule has 0 amide bonds. The highest BCUT2D eigenvalue weighted by Gasteiger charge is 2.34. The van der Waals surface area contributed by atoms with Gasteiger partial charge in [0.2, 0.25) is 0 Å². The minimum Gasteiger partial charge on any atom is -0.393 e. The van der Waals surface area contributed by atoms with E-state index in [1.54, 1.807) is 0 Å². The Morgan fingerprint density at radius 3 is 2.31 bits per heavy atom. The summed E-state index contributed by atoms with van der Waals surface area (Å²) in [5, 5.41) is 0. The third-order valence-electron chi connectivity index (χ3n) is 2.72. The van der Waals surface area contributed by atoms with Crippen molar-refractivity contribution >= 4 is 11.9 Å². The van der Waals surface area contributed by atoms with Gasteiger partial charge in [0, 0.05) is 26.1 Å². The SMILES string of the molecule is O=C1CC(C2CCOC2)CC(=O)O1. The molecule has 0 aliphatic carbocycles. The molecule has 72 valence electrons. The zero-order chi connectivity index (χ0) is 9.26. The number of rotatable bonds is 1. The summed E-state index contributed by atoms with van der Waals surface area (Å²) in [6.45, 7) is 1.44. The van der Waals surface area contributed by atoms with E-state index in [0.717, 1.165) is 13.0 Å². The first-order chi connectivity index (χ1) is 6.25. The maximum absolute atomic E-state index is 11.0. The Labute approximate surface area is 76.2 Å². The lowest BCUT2D eigenvalue weighted by Gasteiger charge is -2.23. The van der Waals surface area contributed by atoms with Crippen LogP contribution in [0.3, 0.4) is 0 Å². The van der Waals surface area contributed by atoms with Gasteiger partial charge in [-0.05, 0) is 18.3 Å². The summed E-state index contributed by atoms with van der Waals surface area (Å²) in [7, 11) is 0. The molecular formula is C9H12O4. The van der Waals surface area contributed by atoms with Crippen molar-refractivity contribution < 1.29 is 19.1 Å². The molecule has 0 N–H and O–H groups in total. The zero-order valence-corrected chi connectivity index (χ0v) is 7.32. The van der Waals surface area contributed by atoms with Crippen LogP contribution in [0.1, 0.15) is 19.3 Å². The minimum absolute atomic E-state index is 0.149. The van der Waals surface area contributed by atoms with E-state index in [1.807, 2.05) is 0 Å². The van der Waals surface area contributed by atoms with E-state index in [9.17, 15) is 9.59 Å². The number of hydrogen-bond acceptors (Lipinski definition) is 4. The van der Waals surface area contributed by atoms with Gasteiger partial charge in [0.05, 0.1) is 0 Å². The standard InChI is InChI=1S/C9H12O4/c10-8-3-7(4-9(11)13-8)6-1-2-12-5-6/h6-7H,1-5H2. The number of carbonyl (C=O) groups is 2. The second kappa shape index (κ2) is 3.46. The average Bonchev–Trinajstić information content (AvgIpc) is 2.53. The predicted molar refractivity (Wildman–Crippen MR) is 42.7 cm³/mol. The van der Waals surface area contributed by atoms with E-state index in [0.29, 0.717) is 25.4 Å². The first kappa shape index (κ1) is 8.69. The van der Waals surface area contributed by atoms with Crippen LogP contribution < -0.4 is 0 Å². The number of hydrogen-bond donors (Lipinski definition) is 0. The van der Waals surface area contributed by atoms with E-state index in [4.69, 9.17) is 4.74 Å². The molecule has 1 unspecified atom stereocenters. The molecule has 0 bridgehead atoms. The van der Waals surface area contributed by atoms with Crippen LogP contribution in [0.25, 0.3) is 0 Å². The van der Waals surface area contributed by atoms with Gasteiger partial charge < -0.3 is 9.47 Å². The van der Waals surface area contributed by atoms with Gasteiger partial charge >= 0.3 is 11.9 Å². The molecule has 2 saturated heterocycles. The highest BCUT2D eigenvalue weighted by Crippen LogP contribution is 2.30. The lowest BCUT2D eigenvalue weighted by atomic mass is 9.85. The molecule has 0 aromatic carbocycles.